The van der Waals surface area contributed by atoms with Gasteiger partial charge in [0.25, 0.3) is 5.91 Å². The molecule has 0 saturated heterocycles. The van der Waals surface area contributed by atoms with Gasteiger partial charge in [-0.1, -0.05) is 42.0 Å². The van der Waals surface area contributed by atoms with Crippen molar-refractivity contribution in [1.82, 2.24) is 10.2 Å². The predicted molar refractivity (Wildman–Crippen MR) is 88.7 cm³/mol. The van der Waals surface area contributed by atoms with E-state index in [1.807, 2.05) is 31.2 Å². The van der Waals surface area contributed by atoms with Crippen LogP contribution in [0.15, 0.2) is 61.3 Å². The third-order valence-electron chi connectivity index (χ3n) is 2.97. The number of amides is 1. The lowest BCUT2D eigenvalue weighted by molar-refractivity contribution is -0.125. The molecule has 0 aliphatic carbocycles. The summed E-state index contributed by atoms with van der Waals surface area (Å²) in [5.41, 5.74) is 2.33. The van der Waals surface area contributed by atoms with Gasteiger partial charge in [0.1, 0.15) is 11.6 Å². The molecule has 4 heteroatoms. The molecule has 22 heavy (non-hydrogen) atoms. The molecule has 1 amide bonds. The van der Waals surface area contributed by atoms with Crippen molar-refractivity contribution >= 4 is 5.91 Å². The van der Waals surface area contributed by atoms with Crippen molar-refractivity contribution in [2.45, 2.75) is 13.5 Å². The van der Waals surface area contributed by atoms with Crippen LogP contribution in [0.2, 0.25) is 0 Å². The van der Waals surface area contributed by atoms with E-state index in [1.54, 1.807) is 12.2 Å². The molecule has 0 aliphatic heterocycles. The SMILES string of the molecule is C=CCN(CC=C)C(=O)/C(C#N)=C\NCc1cccc(C)c1. The fourth-order valence-electron chi connectivity index (χ4n) is 1.96. The predicted octanol–water partition coefficient (Wildman–Crippen LogP) is 2.69. The van der Waals surface area contributed by atoms with Crippen LogP contribution in [-0.4, -0.2) is 23.9 Å². The zero-order valence-electron chi connectivity index (χ0n) is 12.9. The minimum absolute atomic E-state index is 0.0661. The quantitative estimate of drug-likeness (QED) is 0.456. The molecule has 0 fully saturated rings. The Kier molecular flexibility index (Phi) is 7.21. The number of nitrogens with zero attached hydrogens (tertiary/aromatic N) is 2. The summed E-state index contributed by atoms with van der Waals surface area (Å²) in [4.78, 5) is 13.8. The van der Waals surface area contributed by atoms with Crippen LogP contribution in [0.5, 0.6) is 0 Å². The van der Waals surface area contributed by atoms with Crippen LogP contribution in [0.4, 0.5) is 0 Å². The number of carbonyl (C=O) groups is 1. The van der Waals surface area contributed by atoms with Crippen molar-refractivity contribution in [2.24, 2.45) is 0 Å². The van der Waals surface area contributed by atoms with Gasteiger partial charge in [0.15, 0.2) is 0 Å². The molecule has 1 N–H and O–H groups in total. The van der Waals surface area contributed by atoms with Crippen molar-refractivity contribution in [3.8, 4) is 6.07 Å². The lowest BCUT2D eigenvalue weighted by Gasteiger charge is -2.18. The van der Waals surface area contributed by atoms with E-state index in [-0.39, 0.29) is 11.5 Å². The van der Waals surface area contributed by atoms with Gasteiger partial charge in [-0.25, -0.2) is 0 Å². The summed E-state index contributed by atoms with van der Waals surface area (Å²) < 4.78 is 0. The first kappa shape index (κ1) is 17.3. The Morgan fingerprint density at radius 2 is 2.05 bits per heavy atom. The van der Waals surface area contributed by atoms with E-state index in [2.05, 4.69) is 24.5 Å². The summed E-state index contributed by atoms with van der Waals surface area (Å²) in [7, 11) is 0. The lowest BCUT2D eigenvalue weighted by atomic mass is 10.1. The highest BCUT2D eigenvalue weighted by atomic mass is 16.2. The molecule has 1 aromatic carbocycles. The van der Waals surface area contributed by atoms with E-state index in [9.17, 15) is 4.79 Å². The summed E-state index contributed by atoms with van der Waals surface area (Å²) in [6, 6.07) is 9.97. The topological polar surface area (TPSA) is 56.1 Å². The second-order valence-corrected chi connectivity index (χ2v) is 4.83. The molecule has 0 spiro atoms. The van der Waals surface area contributed by atoms with Gasteiger partial charge in [-0.05, 0) is 12.5 Å². The second-order valence-electron chi connectivity index (χ2n) is 4.83. The maximum Gasteiger partial charge on any atom is 0.266 e. The molecule has 0 saturated carbocycles. The Balaban J connectivity index is 2.73. The van der Waals surface area contributed by atoms with Crippen LogP contribution in [0.25, 0.3) is 0 Å². The fraction of sp³-hybridized carbons (Fsp3) is 0.222. The molecule has 0 radical (unpaired) electrons. The maximum absolute atomic E-state index is 12.3. The number of nitriles is 1. The average molecular weight is 295 g/mol. The first-order valence-corrected chi connectivity index (χ1v) is 7.02. The maximum atomic E-state index is 12.3. The molecule has 0 atom stereocenters. The van der Waals surface area contributed by atoms with Crippen LogP contribution in [0.1, 0.15) is 11.1 Å². The number of nitrogens with one attached hydrogen (secondary N) is 1. The molecule has 114 valence electrons. The van der Waals surface area contributed by atoms with Crippen LogP contribution in [-0.2, 0) is 11.3 Å². The number of rotatable bonds is 8. The first-order chi connectivity index (χ1) is 10.6. The largest absolute Gasteiger partial charge is 0.386 e. The van der Waals surface area contributed by atoms with E-state index >= 15 is 0 Å². The average Bonchev–Trinajstić information content (AvgIpc) is 2.51. The number of hydrogen-bond donors (Lipinski definition) is 1. The van der Waals surface area contributed by atoms with Gasteiger partial charge in [-0.15, -0.1) is 13.2 Å². The monoisotopic (exact) mass is 295 g/mol. The van der Waals surface area contributed by atoms with Gasteiger partial charge in [-0.3, -0.25) is 4.79 Å². The summed E-state index contributed by atoms with van der Waals surface area (Å²) in [5.74, 6) is -0.334. The second kappa shape index (κ2) is 9.19. The molecular formula is C18H21N3O. The molecule has 1 aromatic rings. The van der Waals surface area contributed by atoms with Crippen LogP contribution in [0, 0.1) is 18.3 Å². The highest BCUT2D eigenvalue weighted by Gasteiger charge is 2.15. The smallest absolute Gasteiger partial charge is 0.266 e. The van der Waals surface area contributed by atoms with E-state index in [4.69, 9.17) is 5.26 Å². The Morgan fingerprint density at radius 1 is 1.36 bits per heavy atom. The zero-order valence-corrected chi connectivity index (χ0v) is 12.9. The Labute approximate surface area is 132 Å². The molecule has 0 aliphatic rings. The standard InChI is InChI=1S/C18H21N3O/c1-4-9-21(10-5-2)18(22)17(12-19)14-20-13-16-8-6-7-15(3)11-16/h4-8,11,14,20H,1-2,9-10,13H2,3H3/b17-14-. The molecule has 0 heterocycles. The van der Waals surface area contributed by atoms with Gasteiger partial charge in [-0.2, -0.15) is 5.26 Å². The highest BCUT2D eigenvalue weighted by molar-refractivity contribution is 5.97. The first-order valence-electron chi connectivity index (χ1n) is 7.02. The Hall–Kier alpha value is -2.80. The van der Waals surface area contributed by atoms with Crippen molar-refractivity contribution in [3.63, 3.8) is 0 Å². The fourth-order valence-corrected chi connectivity index (χ4v) is 1.96. The number of hydrogen-bond acceptors (Lipinski definition) is 3. The van der Waals surface area contributed by atoms with Crippen molar-refractivity contribution < 1.29 is 4.79 Å². The third kappa shape index (κ3) is 5.29. The van der Waals surface area contributed by atoms with Crippen molar-refractivity contribution in [3.05, 3.63) is 72.5 Å². The van der Waals surface area contributed by atoms with E-state index in [0.717, 1.165) is 5.56 Å². The highest BCUT2D eigenvalue weighted by Crippen LogP contribution is 2.05. The van der Waals surface area contributed by atoms with Crippen LogP contribution in [0.3, 0.4) is 0 Å². The Morgan fingerprint density at radius 3 is 2.59 bits per heavy atom. The van der Waals surface area contributed by atoms with Crippen molar-refractivity contribution in [1.29, 1.82) is 5.26 Å². The van der Waals surface area contributed by atoms with E-state index in [0.29, 0.717) is 19.6 Å². The van der Waals surface area contributed by atoms with Gasteiger partial charge in [0.2, 0.25) is 0 Å². The van der Waals surface area contributed by atoms with Gasteiger partial charge < -0.3 is 10.2 Å². The zero-order chi connectivity index (χ0) is 16.4. The number of benzene rings is 1. The van der Waals surface area contributed by atoms with Gasteiger partial charge in [0, 0.05) is 25.8 Å². The normalized spacial score (nSPS) is 10.5. The summed E-state index contributed by atoms with van der Waals surface area (Å²) in [6.07, 6.45) is 4.71. The van der Waals surface area contributed by atoms with Crippen molar-refractivity contribution in [2.75, 3.05) is 13.1 Å². The van der Waals surface area contributed by atoms with Crippen LogP contribution < -0.4 is 5.32 Å². The lowest BCUT2D eigenvalue weighted by Crippen LogP contribution is -2.32. The molecule has 0 unspecified atom stereocenters. The molecule has 0 bridgehead atoms. The minimum atomic E-state index is -0.334. The van der Waals surface area contributed by atoms with Crippen LogP contribution >= 0.6 is 0 Å². The summed E-state index contributed by atoms with van der Waals surface area (Å²) in [5, 5.41) is 12.2. The summed E-state index contributed by atoms with van der Waals surface area (Å²) in [6.45, 7) is 10.6. The van der Waals surface area contributed by atoms with E-state index < -0.39 is 0 Å². The molecule has 4 nitrogen and oxygen atoms in total. The number of aryl methyl sites for hydroxylation is 1. The van der Waals surface area contributed by atoms with Gasteiger partial charge >= 0.3 is 0 Å². The molecular weight excluding hydrogens is 274 g/mol. The minimum Gasteiger partial charge on any atom is -0.386 e. The summed E-state index contributed by atoms with van der Waals surface area (Å²) >= 11 is 0. The Bertz CT molecular complexity index is 601. The van der Waals surface area contributed by atoms with E-state index in [1.165, 1.54) is 16.7 Å². The molecule has 0 aromatic heterocycles. The van der Waals surface area contributed by atoms with Gasteiger partial charge in [0.05, 0.1) is 0 Å². The number of carbonyl (C=O) groups excluding carboxylic acids is 1. The molecule has 1 rings (SSSR count). The third-order valence-corrected chi connectivity index (χ3v) is 2.97.